The predicted octanol–water partition coefficient (Wildman–Crippen LogP) is 11.0. The van der Waals surface area contributed by atoms with Crippen molar-refractivity contribution in [2.24, 2.45) is 23.7 Å². The molecule has 2 aromatic carbocycles. The first kappa shape index (κ1) is 29.2. The van der Waals surface area contributed by atoms with Crippen LogP contribution in [0.4, 0.5) is 0 Å². The Morgan fingerprint density at radius 3 is 1.76 bits per heavy atom. The maximum Gasteiger partial charge on any atom is 0.125 e. The zero-order valence-corrected chi connectivity index (χ0v) is 25.6. The molecule has 0 bridgehead atoms. The van der Waals surface area contributed by atoms with Gasteiger partial charge in [-0.25, -0.2) is 0 Å². The standard InChI is InChI=1S/C37H56O/c1-7-27(8-2)25-38-37-29(10-4)23-35(24-30(37)11-5)36-21-20-34(22-28(36)9-3)33-18-16-32(17-19-33)31-14-12-26(6)13-15-31/h20-24,26-27,31-33H,7-19,25H2,1-6H3. The first-order chi connectivity index (χ1) is 18.5. The van der Waals surface area contributed by atoms with Gasteiger partial charge in [0.1, 0.15) is 5.75 Å². The summed E-state index contributed by atoms with van der Waals surface area (Å²) in [7, 11) is 0. The van der Waals surface area contributed by atoms with E-state index in [9.17, 15) is 0 Å². The highest BCUT2D eigenvalue weighted by atomic mass is 16.5. The fourth-order valence-electron chi connectivity index (χ4n) is 7.47. The van der Waals surface area contributed by atoms with Gasteiger partial charge in [0.2, 0.25) is 0 Å². The summed E-state index contributed by atoms with van der Waals surface area (Å²) in [5.74, 6) is 5.53. The SMILES string of the molecule is CCc1cc(C2CCC(C3CCC(C)CC3)CC2)ccc1-c1cc(CC)c(OCC(CC)CC)c(CC)c1. The van der Waals surface area contributed by atoms with E-state index in [2.05, 4.69) is 71.9 Å². The third-order valence-electron chi connectivity index (χ3n) is 10.4. The number of hydrogen-bond acceptors (Lipinski definition) is 1. The maximum absolute atomic E-state index is 6.50. The minimum Gasteiger partial charge on any atom is -0.493 e. The minimum absolute atomic E-state index is 0.643. The van der Waals surface area contributed by atoms with Crippen LogP contribution in [0.1, 0.15) is 134 Å². The van der Waals surface area contributed by atoms with E-state index in [1.54, 1.807) is 5.56 Å². The van der Waals surface area contributed by atoms with Crippen LogP contribution in [-0.4, -0.2) is 6.61 Å². The van der Waals surface area contributed by atoms with E-state index in [1.807, 2.05) is 0 Å². The van der Waals surface area contributed by atoms with Crippen molar-refractivity contribution in [3.05, 3.63) is 52.6 Å². The molecule has 2 aliphatic carbocycles. The van der Waals surface area contributed by atoms with Gasteiger partial charge in [-0.15, -0.1) is 0 Å². The van der Waals surface area contributed by atoms with Gasteiger partial charge in [0.25, 0.3) is 0 Å². The molecule has 0 amide bonds. The highest BCUT2D eigenvalue weighted by Gasteiger charge is 2.30. The van der Waals surface area contributed by atoms with Crippen molar-refractivity contribution in [2.75, 3.05) is 6.61 Å². The fourth-order valence-corrected chi connectivity index (χ4v) is 7.47. The summed E-state index contributed by atoms with van der Waals surface area (Å²) in [6.07, 6.45) is 17.1. The lowest BCUT2D eigenvalue weighted by Crippen LogP contribution is -2.24. The normalized spacial score (nSPS) is 24.1. The molecule has 1 nitrogen and oxygen atoms in total. The molecule has 2 saturated carbocycles. The van der Waals surface area contributed by atoms with Crippen LogP contribution in [0.2, 0.25) is 0 Å². The molecule has 0 atom stereocenters. The van der Waals surface area contributed by atoms with Crippen LogP contribution in [0.5, 0.6) is 5.75 Å². The summed E-state index contributed by atoms with van der Waals surface area (Å²) in [6.45, 7) is 14.7. The van der Waals surface area contributed by atoms with Crippen LogP contribution in [0.3, 0.4) is 0 Å². The average Bonchev–Trinajstić information content (AvgIpc) is 2.97. The Hall–Kier alpha value is -1.76. The molecule has 38 heavy (non-hydrogen) atoms. The second-order valence-corrected chi connectivity index (χ2v) is 12.7. The molecule has 210 valence electrons. The molecule has 0 heterocycles. The number of rotatable bonds is 11. The van der Waals surface area contributed by atoms with Crippen molar-refractivity contribution >= 4 is 0 Å². The first-order valence-corrected chi connectivity index (χ1v) is 16.4. The van der Waals surface area contributed by atoms with Crippen LogP contribution in [0.15, 0.2) is 30.3 Å². The average molecular weight is 517 g/mol. The lowest BCUT2D eigenvalue weighted by atomic mass is 9.68. The van der Waals surface area contributed by atoms with Gasteiger partial charge in [-0.05, 0) is 133 Å². The van der Waals surface area contributed by atoms with Crippen molar-refractivity contribution < 1.29 is 4.74 Å². The van der Waals surface area contributed by atoms with E-state index in [0.717, 1.165) is 55.3 Å². The number of benzene rings is 2. The summed E-state index contributed by atoms with van der Waals surface area (Å²) in [4.78, 5) is 0. The molecule has 0 N–H and O–H groups in total. The highest BCUT2D eigenvalue weighted by Crippen LogP contribution is 2.44. The van der Waals surface area contributed by atoms with Crippen LogP contribution in [-0.2, 0) is 19.3 Å². The summed E-state index contributed by atoms with van der Waals surface area (Å²) in [5.41, 5.74) is 8.65. The van der Waals surface area contributed by atoms with E-state index >= 15 is 0 Å². The molecule has 0 aromatic heterocycles. The van der Waals surface area contributed by atoms with Crippen molar-refractivity contribution in [3.8, 4) is 16.9 Å². The zero-order chi connectivity index (χ0) is 27.1. The summed E-state index contributed by atoms with van der Waals surface area (Å²) in [5, 5.41) is 0. The van der Waals surface area contributed by atoms with Crippen LogP contribution < -0.4 is 4.74 Å². The molecular formula is C37H56O. The van der Waals surface area contributed by atoms with Crippen LogP contribution in [0.25, 0.3) is 11.1 Å². The van der Waals surface area contributed by atoms with E-state index in [4.69, 9.17) is 4.74 Å². The molecule has 0 radical (unpaired) electrons. The quantitative estimate of drug-likeness (QED) is 0.288. The lowest BCUT2D eigenvalue weighted by Gasteiger charge is -2.37. The molecular weight excluding hydrogens is 460 g/mol. The summed E-state index contributed by atoms with van der Waals surface area (Å²) in [6, 6.07) is 12.3. The molecule has 0 aliphatic heterocycles. The predicted molar refractivity (Wildman–Crippen MR) is 165 cm³/mol. The summed E-state index contributed by atoms with van der Waals surface area (Å²) < 4.78 is 6.50. The molecule has 2 fully saturated rings. The molecule has 2 aromatic rings. The maximum atomic E-state index is 6.50. The molecule has 1 heteroatoms. The van der Waals surface area contributed by atoms with Gasteiger partial charge < -0.3 is 4.74 Å². The third-order valence-corrected chi connectivity index (χ3v) is 10.4. The van der Waals surface area contributed by atoms with E-state index in [0.29, 0.717) is 5.92 Å². The Bertz CT molecular complexity index is 974. The molecule has 0 saturated heterocycles. The first-order valence-electron chi connectivity index (χ1n) is 16.4. The fraction of sp³-hybridized carbons (Fsp3) is 0.676. The molecule has 4 rings (SSSR count). The number of aryl methyl sites for hydroxylation is 3. The van der Waals surface area contributed by atoms with Crippen LogP contribution in [0, 0.1) is 23.7 Å². The van der Waals surface area contributed by atoms with Crippen molar-refractivity contribution in [2.45, 2.75) is 131 Å². The Morgan fingerprint density at radius 1 is 0.684 bits per heavy atom. The van der Waals surface area contributed by atoms with Crippen molar-refractivity contribution in [1.29, 1.82) is 0 Å². The Morgan fingerprint density at radius 2 is 1.24 bits per heavy atom. The minimum atomic E-state index is 0.643. The lowest BCUT2D eigenvalue weighted by molar-refractivity contribution is 0.165. The van der Waals surface area contributed by atoms with Gasteiger partial charge in [0.05, 0.1) is 6.61 Å². The zero-order valence-electron chi connectivity index (χ0n) is 25.6. The number of hydrogen-bond donors (Lipinski definition) is 0. The largest absolute Gasteiger partial charge is 0.493 e. The smallest absolute Gasteiger partial charge is 0.125 e. The van der Waals surface area contributed by atoms with E-state index in [-0.39, 0.29) is 0 Å². The van der Waals surface area contributed by atoms with Crippen molar-refractivity contribution in [1.82, 2.24) is 0 Å². The summed E-state index contributed by atoms with van der Waals surface area (Å²) >= 11 is 0. The highest BCUT2D eigenvalue weighted by molar-refractivity contribution is 5.71. The van der Waals surface area contributed by atoms with Gasteiger partial charge in [-0.1, -0.05) is 85.4 Å². The van der Waals surface area contributed by atoms with E-state index in [1.165, 1.54) is 92.0 Å². The Balaban J connectivity index is 1.50. The number of ether oxygens (including phenoxy) is 1. The van der Waals surface area contributed by atoms with Gasteiger partial charge >= 0.3 is 0 Å². The second-order valence-electron chi connectivity index (χ2n) is 12.7. The van der Waals surface area contributed by atoms with Gasteiger partial charge in [-0.2, -0.15) is 0 Å². The molecule has 0 unspecified atom stereocenters. The van der Waals surface area contributed by atoms with Gasteiger partial charge in [0.15, 0.2) is 0 Å². The van der Waals surface area contributed by atoms with Gasteiger partial charge in [0, 0.05) is 0 Å². The Labute approximate surface area is 235 Å². The monoisotopic (exact) mass is 516 g/mol. The molecule has 2 aliphatic rings. The van der Waals surface area contributed by atoms with Crippen molar-refractivity contribution in [3.63, 3.8) is 0 Å². The van der Waals surface area contributed by atoms with Crippen LogP contribution >= 0.6 is 0 Å². The third kappa shape index (κ3) is 6.86. The second kappa shape index (κ2) is 14.0. The molecule has 0 spiro atoms. The topological polar surface area (TPSA) is 9.23 Å². The Kier molecular flexibility index (Phi) is 10.8. The van der Waals surface area contributed by atoms with Gasteiger partial charge in [-0.3, -0.25) is 0 Å². The van der Waals surface area contributed by atoms with E-state index < -0.39 is 0 Å².